The Morgan fingerprint density at radius 3 is 2.33 bits per heavy atom. The highest BCUT2D eigenvalue weighted by Gasteiger charge is 2.41. The van der Waals surface area contributed by atoms with Gasteiger partial charge in [-0.3, -0.25) is 14.6 Å². The van der Waals surface area contributed by atoms with E-state index >= 15 is 0 Å². The molecule has 3 aliphatic rings. The van der Waals surface area contributed by atoms with E-state index in [0.717, 1.165) is 59.4 Å². The van der Waals surface area contributed by atoms with Gasteiger partial charge in [0.05, 0.1) is 24.6 Å². The van der Waals surface area contributed by atoms with Crippen LogP contribution in [-0.2, 0) is 11.2 Å². The van der Waals surface area contributed by atoms with Crippen molar-refractivity contribution in [2.45, 2.75) is 56.3 Å². The molecule has 4 aromatic rings. The van der Waals surface area contributed by atoms with Gasteiger partial charge in [-0.05, 0) is 104 Å². The number of benzene rings is 3. The molecule has 7 heteroatoms. The standard InChI is InChI=1S/C35H30ClNO5/c36-24-12-8-21(9-13-24)30-3-1-2-25(37-30)18-31(38)22-10-14-26(15-11-22)42-34-28(20-4-5-20)19-29-27(35(39)40)16-17-41-33(29)32(34)23-6-7-23/h1-3,8-15,19-20,23,27H,4-7,16-18H2,(H,39,40). The number of carboxylic acid groups (broad SMARTS) is 1. The second kappa shape index (κ2) is 10.9. The van der Waals surface area contributed by atoms with E-state index in [1.807, 2.05) is 60.7 Å². The number of Topliss-reactive ketones (excluding diaryl/α,β-unsaturated/α-hetero) is 1. The zero-order chi connectivity index (χ0) is 28.8. The molecule has 212 valence electrons. The van der Waals surface area contributed by atoms with Gasteiger partial charge in [-0.2, -0.15) is 0 Å². The lowest BCUT2D eigenvalue weighted by Crippen LogP contribution is -2.22. The molecule has 6 nitrogen and oxygen atoms in total. The summed E-state index contributed by atoms with van der Waals surface area (Å²) in [6, 6.07) is 22.4. The van der Waals surface area contributed by atoms with Crippen molar-refractivity contribution < 1.29 is 24.2 Å². The number of carbonyl (C=O) groups is 2. The second-order valence-electron chi connectivity index (χ2n) is 11.5. The van der Waals surface area contributed by atoms with Gasteiger partial charge < -0.3 is 14.6 Å². The predicted molar refractivity (Wildman–Crippen MR) is 160 cm³/mol. The van der Waals surface area contributed by atoms with Crippen LogP contribution < -0.4 is 9.47 Å². The Hall–Kier alpha value is -4.16. The van der Waals surface area contributed by atoms with Gasteiger partial charge in [0.2, 0.25) is 0 Å². The van der Waals surface area contributed by atoms with Crippen molar-refractivity contribution in [1.29, 1.82) is 0 Å². The van der Waals surface area contributed by atoms with Crippen LogP contribution >= 0.6 is 11.6 Å². The number of pyridine rings is 1. The zero-order valence-electron chi connectivity index (χ0n) is 23.0. The number of halogens is 1. The lowest BCUT2D eigenvalue weighted by molar-refractivity contribution is -0.139. The van der Waals surface area contributed by atoms with E-state index in [1.165, 1.54) is 0 Å². The van der Waals surface area contributed by atoms with Crippen LogP contribution in [0.2, 0.25) is 5.02 Å². The van der Waals surface area contributed by atoms with Gasteiger partial charge >= 0.3 is 5.97 Å². The van der Waals surface area contributed by atoms with Crippen molar-refractivity contribution in [1.82, 2.24) is 4.98 Å². The highest BCUT2D eigenvalue weighted by Crippen LogP contribution is 2.58. The second-order valence-corrected chi connectivity index (χ2v) is 11.9. The van der Waals surface area contributed by atoms with Crippen LogP contribution in [0.5, 0.6) is 17.2 Å². The quantitative estimate of drug-likeness (QED) is 0.201. The molecule has 1 aliphatic heterocycles. The van der Waals surface area contributed by atoms with Gasteiger partial charge in [0, 0.05) is 33.0 Å². The molecule has 0 radical (unpaired) electrons. The van der Waals surface area contributed by atoms with Gasteiger partial charge in [-0.25, -0.2) is 0 Å². The molecule has 3 aromatic carbocycles. The normalized spacial score (nSPS) is 17.7. The number of carbonyl (C=O) groups excluding carboxylic acids is 1. The van der Waals surface area contributed by atoms with E-state index in [-0.39, 0.29) is 12.2 Å². The first-order valence-corrected chi connectivity index (χ1v) is 14.9. The van der Waals surface area contributed by atoms with Crippen LogP contribution in [0.25, 0.3) is 11.3 Å². The molecule has 42 heavy (non-hydrogen) atoms. The first kappa shape index (κ1) is 26.7. The summed E-state index contributed by atoms with van der Waals surface area (Å²) in [7, 11) is 0. The van der Waals surface area contributed by atoms with E-state index in [4.69, 9.17) is 21.1 Å². The molecule has 1 aromatic heterocycles. The van der Waals surface area contributed by atoms with E-state index in [1.54, 1.807) is 12.1 Å². The molecule has 1 atom stereocenters. The first-order chi connectivity index (χ1) is 20.4. The zero-order valence-corrected chi connectivity index (χ0v) is 23.8. The maximum atomic E-state index is 13.2. The minimum absolute atomic E-state index is 0.0264. The van der Waals surface area contributed by atoms with Crippen molar-refractivity contribution >= 4 is 23.4 Å². The minimum Gasteiger partial charge on any atom is -0.493 e. The summed E-state index contributed by atoms with van der Waals surface area (Å²) in [4.78, 5) is 29.9. The van der Waals surface area contributed by atoms with Crippen LogP contribution in [-0.4, -0.2) is 28.4 Å². The fourth-order valence-corrected chi connectivity index (χ4v) is 5.96. The number of fused-ring (bicyclic) bond motifs is 1. The van der Waals surface area contributed by atoms with Crippen LogP contribution in [0, 0.1) is 0 Å². The number of ketones is 1. The molecule has 1 unspecified atom stereocenters. The Bertz CT molecular complexity index is 1670. The van der Waals surface area contributed by atoms with Crippen LogP contribution in [0.4, 0.5) is 0 Å². The van der Waals surface area contributed by atoms with E-state index < -0.39 is 11.9 Å². The van der Waals surface area contributed by atoms with E-state index in [0.29, 0.717) is 52.6 Å². The summed E-state index contributed by atoms with van der Waals surface area (Å²) in [5, 5.41) is 10.6. The molecule has 2 fully saturated rings. The van der Waals surface area contributed by atoms with Crippen LogP contribution in [0.1, 0.15) is 82.6 Å². The van der Waals surface area contributed by atoms with Crippen LogP contribution in [0.3, 0.4) is 0 Å². The van der Waals surface area contributed by atoms with Crippen LogP contribution in [0.15, 0.2) is 72.8 Å². The van der Waals surface area contributed by atoms with Gasteiger partial charge in [-0.1, -0.05) is 29.8 Å². The molecule has 0 bridgehead atoms. The average Bonchev–Trinajstić information content (AvgIpc) is 3.92. The van der Waals surface area contributed by atoms with E-state index in [9.17, 15) is 14.7 Å². The third-order valence-electron chi connectivity index (χ3n) is 8.34. The average molecular weight is 580 g/mol. The molecule has 2 aliphatic carbocycles. The molecular formula is C35H30ClNO5. The molecule has 0 spiro atoms. The van der Waals surface area contributed by atoms with E-state index in [2.05, 4.69) is 4.98 Å². The first-order valence-electron chi connectivity index (χ1n) is 14.5. The third-order valence-corrected chi connectivity index (χ3v) is 8.59. The lowest BCUT2D eigenvalue weighted by atomic mass is 9.86. The number of hydrogen-bond acceptors (Lipinski definition) is 5. The number of rotatable bonds is 9. The molecule has 1 N–H and O–H groups in total. The van der Waals surface area contributed by atoms with Gasteiger partial charge in [0.25, 0.3) is 0 Å². The van der Waals surface area contributed by atoms with Gasteiger partial charge in [0.1, 0.15) is 17.2 Å². The summed E-state index contributed by atoms with van der Waals surface area (Å²) in [6.45, 7) is 0.389. The highest BCUT2D eigenvalue weighted by molar-refractivity contribution is 6.30. The number of aliphatic carboxylic acids is 1. The highest BCUT2D eigenvalue weighted by atomic mass is 35.5. The maximum absolute atomic E-state index is 13.2. The van der Waals surface area contributed by atoms with Crippen molar-refractivity contribution in [3.63, 3.8) is 0 Å². The summed E-state index contributed by atoms with van der Waals surface area (Å²) in [6.07, 6.45) is 4.88. The Morgan fingerprint density at radius 2 is 1.64 bits per heavy atom. The lowest BCUT2D eigenvalue weighted by Gasteiger charge is -2.28. The molecule has 2 heterocycles. The monoisotopic (exact) mass is 579 g/mol. The Labute approximate surface area is 249 Å². The molecule has 2 saturated carbocycles. The van der Waals surface area contributed by atoms with Crippen molar-refractivity contribution in [3.8, 4) is 28.5 Å². The summed E-state index contributed by atoms with van der Waals surface area (Å²) in [5.74, 6) is 1.47. The van der Waals surface area contributed by atoms with Gasteiger partial charge in [-0.15, -0.1) is 0 Å². The Kier molecular flexibility index (Phi) is 6.95. The Morgan fingerprint density at radius 1 is 0.905 bits per heavy atom. The smallest absolute Gasteiger partial charge is 0.311 e. The number of hydrogen-bond donors (Lipinski definition) is 1. The topological polar surface area (TPSA) is 85.7 Å². The van der Waals surface area contributed by atoms with Crippen molar-refractivity contribution in [2.24, 2.45) is 0 Å². The van der Waals surface area contributed by atoms with Gasteiger partial charge in [0.15, 0.2) is 5.78 Å². The molecule has 0 saturated heterocycles. The number of nitrogens with zero attached hydrogens (tertiary/aromatic N) is 1. The number of ether oxygens (including phenoxy) is 2. The molecule has 7 rings (SSSR count). The largest absolute Gasteiger partial charge is 0.493 e. The third kappa shape index (κ3) is 5.39. The maximum Gasteiger partial charge on any atom is 0.311 e. The fourth-order valence-electron chi connectivity index (χ4n) is 5.83. The van der Waals surface area contributed by atoms with Crippen molar-refractivity contribution in [3.05, 3.63) is 106 Å². The van der Waals surface area contributed by atoms with Crippen molar-refractivity contribution in [2.75, 3.05) is 6.61 Å². The summed E-state index contributed by atoms with van der Waals surface area (Å²) < 4.78 is 12.7. The number of aromatic nitrogens is 1. The Balaban J connectivity index is 1.13. The summed E-state index contributed by atoms with van der Waals surface area (Å²) in [5.41, 5.74) is 5.92. The predicted octanol–water partition coefficient (Wildman–Crippen LogP) is 8.33. The summed E-state index contributed by atoms with van der Waals surface area (Å²) >= 11 is 6.02. The number of carboxylic acids is 1. The SMILES string of the molecule is O=C(Cc1cccc(-c2ccc(Cl)cc2)n1)c1ccc(Oc2c(C3CC3)cc3c(c2C2CC2)OCCC3C(=O)O)cc1. The molecular weight excluding hydrogens is 550 g/mol. The molecule has 0 amide bonds. The minimum atomic E-state index is -0.802. The fraction of sp³-hybridized carbons (Fsp3) is 0.286.